The van der Waals surface area contributed by atoms with E-state index in [1.807, 2.05) is 12.1 Å². The molecule has 0 unspecified atom stereocenters. The quantitative estimate of drug-likeness (QED) is 0.490. The zero-order valence-corrected chi connectivity index (χ0v) is 17.4. The Bertz CT molecular complexity index is 856. The third kappa shape index (κ3) is 6.97. The SMILES string of the molecule is COc1ccc(N(CC(=O)NCCSc2ccc(Cl)cc2)S(C)(=O)=O)cc1. The van der Waals surface area contributed by atoms with E-state index in [1.165, 1.54) is 7.11 Å². The van der Waals surface area contributed by atoms with Crippen molar-refractivity contribution in [3.63, 3.8) is 0 Å². The van der Waals surface area contributed by atoms with E-state index >= 15 is 0 Å². The molecule has 27 heavy (non-hydrogen) atoms. The second-order valence-corrected chi connectivity index (χ2v) is 9.13. The summed E-state index contributed by atoms with van der Waals surface area (Å²) in [5.74, 6) is 0.901. The Morgan fingerprint density at radius 2 is 1.78 bits per heavy atom. The maximum atomic E-state index is 12.2. The molecule has 0 atom stereocenters. The van der Waals surface area contributed by atoms with Gasteiger partial charge in [-0.3, -0.25) is 9.10 Å². The molecule has 0 aliphatic heterocycles. The normalized spacial score (nSPS) is 11.1. The van der Waals surface area contributed by atoms with E-state index in [0.717, 1.165) is 15.5 Å². The molecule has 1 N–H and O–H groups in total. The standard InChI is InChI=1S/C18H21ClN2O4S2/c1-25-16-7-5-15(6-8-16)21(27(2,23)24)13-18(22)20-11-12-26-17-9-3-14(19)4-10-17/h3-10H,11-13H2,1-2H3,(H,20,22). The lowest BCUT2D eigenvalue weighted by Gasteiger charge is -2.22. The number of carbonyl (C=O) groups is 1. The number of carbonyl (C=O) groups excluding carboxylic acids is 1. The number of sulfonamides is 1. The van der Waals surface area contributed by atoms with Crippen molar-refractivity contribution in [3.05, 3.63) is 53.6 Å². The molecule has 6 nitrogen and oxygen atoms in total. The number of ether oxygens (including phenoxy) is 1. The van der Waals surface area contributed by atoms with Crippen LogP contribution in [0.25, 0.3) is 0 Å². The van der Waals surface area contributed by atoms with Crippen LogP contribution < -0.4 is 14.4 Å². The van der Waals surface area contributed by atoms with Crippen LogP contribution in [0.2, 0.25) is 5.02 Å². The summed E-state index contributed by atoms with van der Waals surface area (Å²) in [6.07, 6.45) is 1.07. The molecule has 0 aromatic heterocycles. The maximum Gasteiger partial charge on any atom is 0.240 e. The van der Waals surface area contributed by atoms with E-state index in [-0.39, 0.29) is 12.5 Å². The Hall–Kier alpha value is -1.90. The average Bonchev–Trinajstić information content (AvgIpc) is 2.64. The monoisotopic (exact) mass is 428 g/mol. The van der Waals surface area contributed by atoms with Gasteiger partial charge in [0.15, 0.2) is 0 Å². The van der Waals surface area contributed by atoms with Crippen LogP contribution >= 0.6 is 23.4 Å². The van der Waals surface area contributed by atoms with Gasteiger partial charge in [0.25, 0.3) is 0 Å². The molecule has 0 saturated carbocycles. The van der Waals surface area contributed by atoms with Crippen molar-refractivity contribution in [2.45, 2.75) is 4.90 Å². The number of thioether (sulfide) groups is 1. The number of amides is 1. The molecule has 0 bridgehead atoms. The van der Waals surface area contributed by atoms with Gasteiger partial charge < -0.3 is 10.1 Å². The highest BCUT2D eigenvalue weighted by atomic mass is 35.5. The minimum absolute atomic E-state index is 0.281. The number of hydrogen-bond donors (Lipinski definition) is 1. The molecular formula is C18H21ClN2O4S2. The fraction of sp³-hybridized carbons (Fsp3) is 0.278. The van der Waals surface area contributed by atoms with Gasteiger partial charge in [0.1, 0.15) is 12.3 Å². The van der Waals surface area contributed by atoms with Gasteiger partial charge in [-0.05, 0) is 48.5 Å². The van der Waals surface area contributed by atoms with E-state index in [2.05, 4.69) is 5.32 Å². The lowest BCUT2D eigenvalue weighted by Crippen LogP contribution is -2.41. The first-order chi connectivity index (χ1) is 12.8. The highest BCUT2D eigenvalue weighted by Crippen LogP contribution is 2.21. The Labute approximate surface area is 168 Å². The molecule has 0 aliphatic carbocycles. The summed E-state index contributed by atoms with van der Waals surface area (Å²) in [4.78, 5) is 13.2. The smallest absolute Gasteiger partial charge is 0.240 e. The summed E-state index contributed by atoms with van der Waals surface area (Å²) in [5.41, 5.74) is 0.406. The first-order valence-corrected chi connectivity index (χ1v) is 11.3. The Morgan fingerprint density at radius 3 is 2.33 bits per heavy atom. The zero-order valence-electron chi connectivity index (χ0n) is 15.0. The van der Waals surface area contributed by atoms with Gasteiger partial charge in [-0.1, -0.05) is 11.6 Å². The second kappa shape index (κ2) is 9.87. The summed E-state index contributed by atoms with van der Waals surface area (Å²) >= 11 is 7.42. The van der Waals surface area contributed by atoms with Crippen LogP contribution in [0.3, 0.4) is 0 Å². The number of nitrogens with zero attached hydrogens (tertiary/aromatic N) is 1. The third-order valence-corrected chi connectivity index (χ3v) is 5.96. The number of benzene rings is 2. The van der Waals surface area contributed by atoms with Gasteiger partial charge in [-0.2, -0.15) is 0 Å². The van der Waals surface area contributed by atoms with Gasteiger partial charge in [-0.25, -0.2) is 8.42 Å². The lowest BCUT2D eigenvalue weighted by atomic mass is 10.3. The van der Waals surface area contributed by atoms with Gasteiger partial charge >= 0.3 is 0 Å². The predicted octanol–water partition coefficient (Wildman–Crippen LogP) is 3.02. The minimum Gasteiger partial charge on any atom is -0.497 e. The number of halogens is 1. The van der Waals surface area contributed by atoms with E-state index in [4.69, 9.17) is 16.3 Å². The van der Waals surface area contributed by atoms with Crippen LogP contribution in [0.5, 0.6) is 5.75 Å². The second-order valence-electron chi connectivity index (χ2n) is 5.62. The maximum absolute atomic E-state index is 12.2. The van der Waals surface area contributed by atoms with Crippen molar-refractivity contribution in [2.75, 3.05) is 36.5 Å². The first kappa shape index (κ1) is 21.4. The van der Waals surface area contributed by atoms with E-state index < -0.39 is 10.0 Å². The molecule has 2 aromatic carbocycles. The van der Waals surface area contributed by atoms with Crippen molar-refractivity contribution >= 4 is 45.0 Å². The number of rotatable bonds is 9. The Kier molecular flexibility index (Phi) is 7.82. The molecule has 0 fully saturated rings. The summed E-state index contributed by atoms with van der Waals surface area (Å²) in [6, 6.07) is 13.9. The Balaban J connectivity index is 1.88. The number of hydrogen-bond acceptors (Lipinski definition) is 5. The largest absolute Gasteiger partial charge is 0.497 e. The molecule has 2 aromatic rings. The molecule has 0 heterocycles. The van der Waals surface area contributed by atoms with Crippen molar-refractivity contribution in [2.24, 2.45) is 0 Å². The molecule has 9 heteroatoms. The molecule has 1 amide bonds. The molecule has 0 saturated heterocycles. The van der Waals surface area contributed by atoms with Gasteiger partial charge in [0.05, 0.1) is 19.1 Å². The summed E-state index contributed by atoms with van der Waals surface area (Å²) < 4.78 is 30.3. The molecule has 146 valence electrons. The van der Waals surface area contributed by atoms with E-state index in [1.54, 1.807) is 48.2 Å². The molecule has 0 aliphatic rings. The lowest BCUT2D eigenvalue weighted by molar-refractivity contribution is -0.119. The first-order valence-electron chi connectivity index (χ1n) is 8.06. The minimum atomic E-state index is -3.60. The highest BCUT2D eigenvalue weighted by Gasteiger charge is 2.20. The summed E-state index contributed by atoms with van der Waals surface area (Å²) in [7, 11) is -2.07. The van der Waals surface area contributed by atoms with E-state index in [9.17, 15) is 13.2 Å². The van der Waals surface area contributed by atoms with Crippen LogP contribution in [-0.4, -0.2) is 46.5 Å². The predicted molar refractivity (Wildman–Crippen MR) is 110 cm³/mol. The fourth-order valence-electron chi connectivity index (χ4n) is 2.22. The van der Waals surface area contributed by atoms with Crippen LogP contribution in [-0.2, 0) is 14.8 Å². The van der Waals surface area contributed by atoms with Crippen LogP contribution in [0, 0.1) is 0 Å². The van der Waals surface area contributed by atoms with Crippen molar-refractivity contribution in [3.8, 4) is 5.75 Å². The van der Waals surface area contributed by atoms with Gasteiger partial charge in [0.2, 0.25) is 15.9 Å². The fourth-order valence-corrected chi connectivity index (χ4v) is 3.98. The van der Waals surface area contributed by atoms with Crippen molar-refractivity contribution in [1.29, 1.82) is 0 Å². The topological polar surface area (TPSA) is 75.7 Å². The van der Waals surface area contributed by atoms with Crippen LogP contribution in [0.15, 0.2) is 53.4 Å². The zero-order chi connectivity index (χ0) is 19.9. The summed E-state index contributed by atoms with van der Waals surface area (Å²) in [6.45, 7) is 0.142. The average molecular weight is 429 g/mol. The Morgan fingerprint density at radius 1 is 1.15 bits per heavy atom. The summed E-state index contributed by atoms with van der Waals surface area (Å²) in [5, 5.41) is 3.42. The van der Waals surface area contributed by atoms with Crippen molar-refractivity contribution in [1.82, 2.24) is 5.32 Å². The van der Waals surface area contributed by atoms with E-state index in [0.29, 0.717) is 28.8 Å². The molecular weight excluding hydrogens is 408 g/mol. The van der Waals surface area contributed by atoms with Crippen LogP contribution in [0.4, 0.5) is 5.69 Å². The molecule has 0 radical (unpaired) electrons. The third-order valence-electron chi connectivity index (χ3n) is 3.55. The van der Waals surface area contributed by atoms with Crippen molar-refractivity contribution < 1.29 is 17.9 Å². The molecule has 2 rings (SSSR count). The number of anilines is 1. The highest BCUT2D eigenvalue weighted by molar-refractivity contribution is 7.99. The van der Waals surface area contributed by atoms with Gasteiger partial charge in [-0.15, -0.1) is 11.8 Å². The number of nitrogens with one attached hydrogen (secondary N) is 1. The van der Waals surface area contributed by atoms with Crippen LogP contribution in [0.1, 0.15) is 0 Å². The molecule has 0 spiro atoms. The number of methoxy groups -OCH3 is 1. The van der Waals surface area contributed by atoms with Gasteiger partial charge in [0, 0.05) is 22.2 Å².